The average molecular weight is 904 g/mol. The van der Waals surface area contributed by atoms with Crippen molar-refractivity contribution in [1.29, 1.82) is 0 Å². The summed E-state index contributed by atoms with van der Waals surface area (Å²) in [6.07, 6.45) is 0. The molecule has 1 heterocycles. The summed E-state index contributed by atoms with van der Waals surface area (Å²) in [6, 6.07) is 99.6. The van der Waals surface area contributed by atoms with E-state index in [1.165, 1.54) is 61.2 Å². The van der Waals surface area contributed by atoms with Gasteiger partial charge < -0.3 is 9.64 Å². The Labute approximate surface area is 414 Å². The van der Waals surface area contributed by atoms with Gasteiger partial charge in [-0.3, -0.25) is 0 Å². The van der Waals surface area contributed by atoms with E-state index < -0.39 is 5.41 Å². The zero-order valence-electron chi connectivity index (χ0n) is 38.8. The Morgan fingerprint density at radius 3 is 1.35 bits per heavy atom. The van der Waals surface area contributed by atoms with Crippen LogP contribution in [-0.4, -0.2) is 0 Å². The van der Waals surface area contributed by atoms with Gasteiger partial charge in [-0.2, -0.15) is 0 Å². The summed E-state index contributed by atoms with van der Waals surface area (Å²) in [4.78, 5) is 2.42. The van der Waals surface area contributed by atoms with Crippen LogP contribution in [0.1, 0.15) is 22.3 Å². The van der Waals surface area contributed by atoms with Gasteiger partial charge in [-0.1, -0.05) is 237 Å². The molecule has 0 amide bonds. The zero-order valence-corrected chi connectivity index (χ0v) is 38.8. The van der Waals surface area contributed by atoms with Gasteiger partial charge in [0.2, 0.25) is 0 Å². The lowest BCUT2D eigenvalue weighted by molar-refractivity contribution is 0.447. The molecule has 0 aromatic heterocycles. The summed E-state index contributed by atoms with van der Waals surface area (Å²) >= 11 is 0. The van der Waals surface area contributed by atoms with Gasteiger partial charge in [0.25, 0.3) is 0 Å². The molecule has 2 aliphatic rings. The molecule has 0 atom stereocenters. The van der Waals surface area contributed by atoms with Crippen molar-refractivity contribution in [3.63, 3.8) is 0 Å². The van der Waals surface area contributed by atoms with Crippen molar-refractivity contribution in [2.75, 3.05) is 4.90 Å². The smallest absolute Gasteiger partial charge is 0.140 e. The predicted molar refractivity (Wildman–Crippen MR) is 295 cm³/mol. The van der Waals surface area contributed by atoms with Gasteiger partial charge in [-0.15, -0.1) is 0 Å². The Morgan fingerprint density at radius 1 is 0.282 bits per heavy atom. The monoisotopic (exact) mass is 903 g/mol. The van der Waals surface area contributed by atoms with Crippen LogP contribution in [0.3, 0.4) is 0 Å². The van der Waals surface area contributed by atoms with Gasteiger partial charge >= 0.3 is 0 Å². The molecule has 71 heavy (non-hydrogen) atoms. The van der Waals surface area contributed by atoms with E-state index in [0.717, 1.165) is 66.8 Å². The van der Waals surface area contributed by atoms with Crippen LogP contribution >= 0.6 is 0 Å². The molecule has 0 unspecified atom stereocenters. The summed E-state index contributed by atoms with van der Waals surface area (Å²) < 4.78 is 7.23. The second kappa shape index (κ2) is 16.5. The van der Waals surface area contributed by atoms with Crippen molar-refractivity contribution in [2.24, 2.45) is 0 Å². The number of benzene rings is 12. The average Bonchev–Trinajstić information content (AvgIpc) is 3.75. The SMILES string of the molecule is c1ccc(-c2ccc(N(c3ccc(-c4cccc5c4-c4ccccc4C54c5ccc6ccccc6c5Oc5c4ccc4ccccc54)cc3)c3ccc(-c4ccccc4)cc3-c3ccccc3)cc2)cc1. The van der Waals surface area contributed by atoms with E-state index >= 15 is 0 Å². The van der Waals surface area contributed by atoms with Crippen LogP contribution < -0.4 is 9.64 Å². The third-order valence-electron chi connectivity index (χ3n) is 14.9. The molecule has 0 radical (unpaired) electrons. The van der Waals surface area contributed by atoms with E-state index in [1.807, 2.05) is 0 Å². The van der Waals surface area contributed by atoms with E-state index in [2.05, 4.69) is 278 Å². The fourth-order valence-electron chi connectivity index (χ4n) is 11.7. The molecular formula is C69H45NO. The number of rotatable bonds is 7. The summed E-state index contributed by atoms with van der Waals surface area (Å²) in [5, 5.41) is 4.55. The Bertz CT molecular complexity index is 3910. The molecule has 0 N–H and O–H groups in total. The van der Waals surface area contributed by atoms with E-state index in [0.29, 0.717) is 0 Å². The van der Waals surface area contributed by atoms with Gasteiger partial charge in [0, 0.05) is 38.8 Å². The second-order valence-corrected chi connectivity index (χ2v) is 18.7. The first-order chi connectivity index (χ1) is 35.2. The molecule has 0 fully saturated rings. The maximum absolute atomic E-state index is 7.23. The molecule has 12 aromatic carbocycles. The van der Waals surface area contributed by atoms with Crippen molar-refractivity contribution in [3.05, 3.63) is 295 Å². The van der Waals surface area contributed by atoms with Gasteiger partial charge in [0.05, 0.1) is 11.1 Å². The number of nitrogens with zero attached hydrogens (tertiary/aromatic N) is 1. The number of ether oxygens (including phenoxy) is 1. The quantitative estimate of drug-likeness (QED) is 0.158. The van der Waals surface area contributed by atoms with E-state index in [-0.39, 0.29) is 0 Å². The van der Waals surface area contributed by atoms with E-state index in [1.54, 1.807) is 0 Å². The minimum atomic E-state index is -0.624. The predicted octanol–water partition coefficient (Wildman–Crippen LogP) is 18.6. The van der Waals surface area contributed by atoms with Crippen LogP contribution in [0.5, 0.6) is 11.5 Å². The van der Waals surface area contributed by atoms with Crippen molar-refractivity contribution in [1.82, 2.24) is 0 Å². The Hall–Kier alpha value is -9.24. The lowest BCUT2D eigenvalue weighted by atomic mass is 9.65. The first kappa shape index (κ1) is 40.8. The van der Waals surface area contributed by atoms with Gasteiger partial charge in [-0.05, 0) is 108 Å². The largest absolute Gasteiger partial charge is 0.455 e. The van der Waals surface area contributed by atoms with Crippen molar-refractivity contribution < 1.29 is 4.74 Å². The van der Waals surface area contributed by atoms with Crippen LogP contribution in [0.25, 0.3) is 77.2 Å². The normalized spacial score (nSPS) is 12.7. The minimum absolute atomic E-state index is 0.624. The maximum Gasteiger partial charge on any atom is 0.140 e. The molecule has 332 valence electrons. The van der Waals surface area contributed by atoms with Gasteiger partial charge in [0.1, 0.15) is 11.5 Å². The van der Waals surface area contributed by atoms with E-state index in [9.17, 15) is 0 Å². The van der Waals surface area contributed by atoms with Gasteiger partial charge in [-0.25, -0.2) is 0 Å². The van der Waals surface area contributed by atoms with Crippen LogP contribution in [0.4, 0.5) is 17.1 Å². The highest BCUT2D eigenvalue weighted by atomic mass is 16.5. The summed E-state index contributed by atoms with van der Waals surface area (Å²) in [5.74, 6) is 1.85. The molecule has 12 aromatic rings. The van der Waals surface area contributed by atoms with Crippen LogP contribution in [0.15, 0.2) is 273 Å². The summed E-state index contributed by atoms with van der Waals surface area (Å²) in [7, 11) is 0. The molecule has 0 saturated carbocycles. The number of hydrogen-bond donors (Lipinski definition) is 0. The molecule has 14 rings (SSSR count). The number of fused-ring (bicyclic) bond motifs is 13. The molecular weight excluding hydrogens is 859 g/mol. The highest BCUT2D eigenvalue weighted by Gasteiger charge is 2.52. The highest BCUT2D eigenvalue weighted by molar-refractivity contribution is 6.02. The minimum Gasteiger partial charge on any atom is -0.455 e. The molecule has 1 aliphatic heterocycles. The Balaban J connectivity index is 0.958. The fourth-order valence-corrected chi connectivity index (χ4v) is 11.7. The molecule has 2 heteroatoms. The number of anilines is 3. The third-order valence-corrected chi connectivity index (χ3v) is 14.9. The third kappa shape index (κ3) is 6.42. The zero-order chi connectivity index (χ0) is 46.9. The second-order valence-electron chi connectivity index (χ2n) is 18.7. The fraction of sp³-hybridized carbons (Fsp3) is 0.0145. The van der Waals surface area contributed by atoms with Gasteiger partial charge in [0.15, 0.2) is 0 Å². The molecule has 1 spiro atoms. The van der Waals surface area contributed by atoms with Crippen LogP contribution in [0.2, 0.25) is 0 Å². The summed E-state index contributed by atoms with van der Waals surface area (Å²) in [6.45, 7) is 0. The lowest BCUT2D eigenvalue weighted by Crippen LogP contribution is -2.32. The molecule has 0 saturated heterocycles. The lowest BCUT2D eigenvalue weighted by Gasteiger charge is -2.40. The van der Waals surface area contributed by atoms with Crippen LogP contribution in [0, 0.1) is 0 Å². The van der Waals surface area contributed by atoms with Crippen molar-refractivity contribution in [3.8, 4) is 67.1 Å². The Morgan fingerprint density at radius 2 is 0.732 bits per heavy atom. The van der Waals surface area contributed by atoms with Crippen molar-refractivity contribution in [2.45, 2.75) is 5.41 Å². The van der Waals surface area contributed by atoms with Crippen LogP contribution in [-0.2, 0) is 5.41 Å². The Kier molecular flexibility index (Phi) is 9.47. The molecule has 0 bridgehead atoms. The number of hydrogen-bond acceptors (Lipinski definition) is 2. The first-order valence-electron chi connectivity index (χ1n) is 24.5. The molecule has 1 aliphatic carbocycles. The first-order valence-corrected chi connectivity index (χ1v) is 24.5. The highest BCUT2D eigenvalue weighted by Crippen LogP contribution is 2.65. The standard InChI is InChI=1S/C69H45NO/c1-4-17-46(18-5-1)48-31-38-54(39-32-48)70(65-44-37-53(47-19-6-2-7-20-47)45-60(65)49-21-8-3-9-22-49)55-40-33-52(34-41-55)56-28-16-30-62-66(56)59-27-14-15-29-61(59)69(62)63-42-35-50-23-10-12-25-57(50)67(63)71-68-58-26-13-11-24-51(58)36-43-64(68)69/h1-45H. The topological polar surface area (TPSA) is 12.5 Å². The maximum atomic E-state index is 7.23. The van der Waals surface area contributed by atoms with E-state index in [4.69, 9.17) is 4.74 Å². The summed E-state index contributed by atoms with van der Waals surface area (Å²) in [5.41, 5.74) is 19.4. The van der Waals surface area contributed by atoms with Crippen molar-refractivity contribution >= 4 is 38.6 Å². The molecule has 2 nitrogen and oxygen atoms in total.